The number of nitrogens with zero attached hydrogens (tertiary/aromatic N) is 1. The minimum atomic E-state index is -0.718. The van der Waals surface area contributed by atoms with Gasteiger partial charge in [-0.3, -0.25) is 14.9 Å². The number of ether oxygens (including phenoxy) is 3. The molecule has 0 amide bonds. The van der Waals surface area contributed by atoms with E-state index in [-0.39, 0.29) is 23.8 Å². The molecule has 1 aliphatic carbocycles. The molecule has 0 N–H and O–H groups in total. The van der Waals surface area contributed by atoms with Gasteiger partial charge in [0.25, 0.3) is 0 Å². The average Bonchev–Trinajstić information content (AvgIpc) is 2.44. The lowest BCUT2D eigenvalue weighted by molar-refractivity contribution is -0.386. The lowest BCUT2D eigenvalue weighted by Gasteiger charge is -2.40. The predicted molar refractivity (Wildman–Crippen MR) is 73.5 cm³/mol. The highest BCUT2D eigenvalue weighted by molar-refractivity contribution is 5.71. The number of rotatable bonds is 6. The van der Waals surface area contributed by atoms with E-state index in [9.17, 15) is 14.9 Å². The summed E-state index contributed by atoms with van der Waals surface area (Å²) in [5, 5.41) is 11.1. The van der Waals surface area contributed by atoms with E-state index in [2.05, 4.69) is 4.74 Å². The molecule has 0 spiro atoms. The largest absolute Gasteiger partial charge is 0.497 e. The van der Waals surface area contributed by atoms with Crippen LogP contribution in [-0.2, 0) is 9.53 Å². The van der Waals surface area contributed by atoms with E-state index in [1.54, 1.807) is 0 Å². The maximum atomic E-state index is 11.5. The number of carbonyl (C=O) groups excluding carboxylic acids is 1. The minimum Gasteiger partial charge on any atom is -0.497 e. The van der Waals surface area contributed by atoms with Crippen LogP contribution >= 0.6 is 0 Å². The fourth-order valence-electron chi connectivity index (χ4n) is 2.31. The van der Waals surface area contributed by atoms with E-state index in [1.165, 1.54) is 32.4 Å². The van der Waals surface area contributed by atoms with Crippen molar-refractivity contribution in [3.63, 3.8) is 0 Å². The Morgan fingerprint density at radius 2 is 2.10 bits per heavy atom. The Kier molecular flexibility index (Phi) is 4.30. The molecule has 1 fully saturated rings. The van der Waals surface area contributed by atoms with Crippen LogP contribution in [0.1, 0.15) is 25.7 Å². The zero-order chi connectivity index (χ0) is 15.5. The molecule has 0 saturated heterocycles. The van der Waals surface area contributed by atoms with Crippen molar-refractivity contribution in [3.05, 3.63) is 28.3 Å². The molecule has 0 aromatic heterocycles. The first-order chi connectivity index (χ1) is 9.99. The first-order valence-electron chi connectivity index (χ1n) is 6.58. The summed E-state index contributed by atoms with van der Waals surface area (Å²) >= 11 is 0. The zero-order valence-corrected chi connectivity index (χ0v) is 12.0. The highest BCUT2D eigenvalue weighted by atomic mass is 16.6. The Bertz CT molecular complexity index is 552. The van der Waals surface area contributed by atoms with Crippen LogP contribution in [0.3, 0.4) is 0 Å². The highest BCUT2D eigenvalue weighted by Crippen LogP contribution is 2.43. The van der Waals surface area contributed by atoms with Crippen molar-refractivity contribution in [1.29, 1.82) is 0 Å². The van der Waals surface area contributed by atoms with Gasteiger partial charge < -0.3 is 14.2 Å². The standard InChI is InChI=1S/C14H17NO6/c1-19-10-4-5-11(15(17)18)12(8-10)21-14(6-3-7-14)9-13(16)20-2/h4-5,8H,3,6-7,9H2,1-2H3. The molecule has 1 aliphatic rings. The molecule has 0 radical (unpaired) electrons. The molecule has 21 heavy (non-hydrogen) atoms. The van der Waals surface area contributed by atoms with E-state index in [4.69, 9.17) is 9.47 Å². The topological polar surface area (TPSA) is 87.9 Å². The van der Waals surface area contributed by atoms with Gasteiger partial charge in [-0.1, -0.05) is 0 Å². The van der Waals surface area contributed by atoms with Crippen LogP contribution in [0.2, 0.25) is 0 Å². The summed E-state index contributed by atoms with van der Waals surface area (Å²) < 4.78 is 15.6. The molecule has 2 rings (SSSR count). The van der Waals surface area contributed by atoms with Gasteiger partial charge in [0.05, 0.1) is 25.6 Å². The van der Waals surface area contributed by atoms with Crippen LogP contribution in [0, 0.1) is 10.1 Å². The van der Waals surface area contributed by atoms with Crippen molar-refractivity contribution in [2.45, 2.75) is 31.3 Å². The number of carbonyl (C=O) groups is 1. The molecule has 1 aromatic rings. The van der Waals surface area contributed by atoms with Crippen LogP contribution in [-0.4, -0.2) is 30.7 Å². The first-order valence-corrected chi connectivity index (χ1v) is 6.58. The van der Waals surface area contributed by atoms with E-state index >= 15 is 0 Å². The van der Waals surface area contributed by atoms with Gasteiger partial charge in [-0.15, -0.1) is 0 Å². The average molecular weight is 295 g/mol. The monoisotopic (exact) mass is 295 g/mol. The smallest absolute Gasteiger partial charge is 0.311 e. The van der Waals surface area contributed by atoms with Crippen molar-refractivity contribution < 1.29 is 23.9 Å². The fraction of sp³-hybridized carbons (Fsp3) is 0.500. The highest BCUT2D eigenvalue weighted by Gasteiger charge is 2.43. The number of esters is 1. The molecule has 114 valence electrons. The van der Waals surface area contributed by atoms with Crippen molar-refractivity contribution >= 4 is 11.7 Å². The summed E-state index contributed by atoms with van der Waals surface area (Å²) in [6, 6.07) is 4.30. The van der Waals surface area contributed by atoms with Gasteiger partial charge in [0, 0.05) is 12.1 Å². The maximum Gasteiger partial charge on any atom is 0.311 e. The molecule has 0 heterocycles. The molecule has 7 nitrogen and oxygen atoms in total. The van der Waals surface area contributed by atoms with Gasteiger partial charge in [0.1, 0.15) is 11.4 Å². The second-order valence-corrected chi connectivity index (χ2v) is 4.98. The van der Waals surface area contributed by atoms with Crippen LogP contribution < -0.4 is 9.47 Å². The first kappa shape index (κ1) is 15.1. The van der Waals surface area contributed by atoms with E-state index in [0.29, 0.717) is 18.6 Å². The van der Waals surface area contributed by atoms with E-state index in [1.807, 2.05) is 0 Å². The Morgan fingerprint density at radius 3 is 2.57 bits per heavy atom. The van der Waals surface area contributed by atoms with E-state index in [0.717, 1.165) is 6.42 Å². The third-order valence-corrected chi connectivity index (χ3v) is 3.65. The normalized spacial score (nSPS) is 15.7. The van der Waals surface area contributed by atoms with Gasteiger partial charge in [-0.25, -0.2) is 0 Å². The molecule has 0 atom stereocenters. The number of hydrogen-bond donors (Lipinski definition) is 0. The van der Waals surface area contributed by atoms with Gasteiger partial charge >= 0.3 is 11.7 Å². The van der Waals surface area contributed by atoms with Crippen molar-refractivity contribution in [2.24, 2.45) is 0 Å². The summed E-state index contributed by atoms with van der Waals surface area (Å²) in [5.41, 5.74) is -0.864. The van der Waals surface area contributed by atoms with Crippen LogP contribution in [0.4, 0.5) is 5.69 Å². The number of benzene rings is 1. The Labute approximate surface area is 122 Å². The molecule has 0 bridgehead atoms. The Balaban J connectivity index is 2.27. The molecule has 0 aliphatic heterocycles. The lowest BCUT2D eigenvalue weighted by Crippen LogP contribution is -2.45. The summed E-state index contributed by atoms with van der Waals surface area (Å²) in [5.74, 6) is 0.186. The third kappa shape index (κ3) is 3.24. The van der Waals surface area contributed by atoms with Crippen LogP contribution in [0.25, 0.3) is 0 Å². The van der Waals surface area contributed by atoms with Crippen LogP contribution in [0.15, 0.2) is 18.2 Å². The summed E-state index contributed by atoms with van der Waals surface area (Å²) in [6.45, 7) is 0. The fourth-order valence-corrected chi connectivity index (χ4v) is 2.31. The molecular weight excluding hydrogens is 278 g/mol. The van der Waals surface area contributed by atoms with Gasteiger partial charge in [-0.05, 0) is 25.3 Å². The number of hydrogen-bond acceptors (Lipinski definition) is 6. The SMILES string of the molecule is COC(=O)CC1(Oc2cc(OC)ccc2[N+](=O)[O-])CCC1. The maximum absolute atomic E-state index is 11.5. The zero-order valence-electron chi connectivity index (χ0n) is 12.0. The third-order valence-electron chi connectivity index (χ3n) is 3.65. The van der Waals surface area contributed by atoms with Crippen molar-refractivity contribution in [3.8, 4) is 11.5 Å². The number of nitro benzene ring substituents is 1. The van der Waals surface area contributed by atoms with E-state index < -0.39 is 10.5 Å². The molecule has 0 unspecified atom stereocenters. The number of nitro groups is 1. The molecule has 7 heteroatoms. The minimum absolute atomic E-state index is 0.0812. The van der Waals surface area contributed by atoms with Gasteiger partial charge in [0.15, 0.2) is 0 Å². The van der Waals surface area contributed by atoms with Crippen molar-refractivity contribution in [2.75, 3.05) is 14.2 Å². The summed E-state index contributed by atoms with van der Waals surface area (Å²) in [7, 11) is 2.78. The Hall–Kier alpha value is -2.31. The second kappa shape index (κ2) is 5.99. The van der Waals surface area contributed by atoms with Gasteiger partial charge in [-0.2, -0.15) is 0 Å². The summed E-state index contributed by atoms with van der Waals surface area (Å²) in [4.78, 5) is 22.1. The predicted octanol–water partition coefficient (Wildman–Crippen LogP) is 2.47. The van der Waals surface area contributed by atoms with Crippen LogP contribution in [0.5, 0.6) is 11.5 Å². The second-order valence-electron chi connectivity index (χ2n) is 4.98. The van der Waals surface area contributed by atoms with Crippen molar-refractivity contribution in [1.82, 2.24) is 0 Å². The molecule has 1 aromatic carbocycles. The summed E-state index contributed by atoms with van der Waals surface area (Å²) in [6.07, 6.45) is 2.32. The lowest BCUT2D eigenvalue weighted by atomic mass is 9.77. The molecular formula is C14H17NO6. The quantitative estimate of drug-likeness (QED) is 0.455. The van der Waals surface area contributed by atoms with Gasteiger partial charge in [0.2, 0.25) is 5.75 Å². The Morgan fingerprint density at radius 1 is 1.38 bits per heavy atom. The molecule has 1 saturated carbocycles. The number of methoxy groups -OCH3 is 2.